The molecule has 0 saturated heterocycles. The Morgan fingerprint density at radius 2 is 2.17 bits per heavy atom. The summed E-state index contributed by atoms with van der Waals surface area (Å²) in [7, 11) is 0. The minimum Gasteiger partial charge on any atom is -0.370 e. The normalized spacial score (nSPS) is 11.6. The fraction of sp³-hybridized carbons (Fsp3) is 0.875. The van der Waals surface area contributed by atoms with Crippen LogP contribution < -0.4 is 11.1 Å². The molecule has 3 N–H and O–H groups in total. The minimum atomic E-state index is -0.253. The fourth-order valence-electron chi connectivity index (χ4n) is 0.990. The topological polar surface area (TPSA) is 55.1 Å². The first kappa shape index (κ1) is 11.8. The van der Waals surface area contributed by atoms with Gasteiger partial charge in [-0.05, 0) is 20.1 Å². The molecule has 12 heavy (non-hydrogen) atoms. The summed E-state index contributed by atoms with van der Waals surface area (Å²) in [6.07, 6.45) is 2.45. The maximum absolute atomic E-state index is 10.6. The van der Waals surface area contributed by atoms with E-state index in [0.29, 0.717) is 6.42 Å². The van der Waals surface area contributed by atoms with Crippen LogP contribution in [0.5, 0.6) is 0 Å². The van der Waals surface area contributed by atoms with Crippen molar-refractivity contribution in [3.05, 3.63) is 0 Å². The third kappa shape index (κ3) is 6.49. The van der Waals surface area contributed by atoms with Crippen molar-refractivity contribution in [3.8, 4) is 0 Å². The average Bonchev–Trinajstić information content (AvgIpc) is 1.84. The lowest BCUT2D eigenvalue weighted by Crippen LogP contribution is -2.43. The van der Waals surface area contributed by atoms with Crippen molar-refractivity contribution in [3.63, 3.8) is 0 Å². The number of hydrogen-bond acceptors (Lipinski definition) is 3. The number of rotatable bonds is 6. The van der Waals surface area contributed by atoms with Crippen LogP contribution >= 0.6 is 11.8 Å². The highest BCUT2D eigenvalue weighted by Gasteiger charge is 2.18. The van der Waals surface area contributed by atoms with Crippen LogP contribution in [0.4, 0.5) is 0 Å². The molecule has 0 atom stereocenters. The highest BCUT2D eigenvalue weighted by molar-refractivity contribution is 7.98. The highest BCUT2D eigenvalue weighted by Crippen LogP contribution is 2.06. The number of carbonyl (C=O) groups excluding carboxylic acids is 1. The molecule has 0 aliphatic carbocycles. The van der Waals surface area contributed by atoms with Crippen LogP contribution in [0.1, 0.15) is 20.3 Å². The van der Waals surface area contributed by atoms with E-state index in [2.05, 4.69) is 11.6 Å². The van der Waals surface area contributed by atoms with Gasteiger partial charge in [-0.25, -0.2) is 0 Å². The van der Waals surface area contributed by atoms with Crippen LogP contribution in [0.25, 0.3) is 0 Å². The van der Waals surface area contributed by atoms with Crippen molar-refractivity contribution < 1.29 is 4.79 Å². The first-order chi connectivity index (χ1) is 5.48. The van der Waals surface area contributed by atoms with Crippen molar-refractivity contribution in [1.29, 1.82) is 0 Å². The molecule has 0 rings (SSSR count). The van der Waals surface area contributed by atoms with E-state index in [-0.39, 0.29) is 11.4 Å². The Morgan fingerprint density at radius 3 is 2.58 bits per heavy atom. The van der Waals surface area contributed by atoms with Crippen LogP contribution in [-0.2, 0) is 4.79 Å². The highest BCUT2D eigenvalue weighted by atomic mass is 32.2. The molecule has 0 heterocycles. The number of primary amides is 1. The molecular formula is C8H18N2OS. The molecule has 0 spiro atoms. The molecule has 72 valence electrons. The zero-order valence-electron chi connectivity index (χ0n) is 8.02. The van der Waals surface area contributed by atoms with Gasteiger partial charge in [0.25, 0.3) is 0 Å². The van der Waals surface area contributed by atoms with Gasteiger partial charge >= 0.3 is 0 Å². The molecule has 0 aromatic rings. The Bertz CT molecular complexity index is 148. The summed E-state index contributed by atoms with van der Waals surface area (Å²) in [5.41, 5.74) is 4.93. The monoisotopic (exact) mass is 190 g/mol. The zero-order valence-corrected chi connectivity index (χ0v) is 8.83. The Labute approximate surface area is 78.5 Å². The molecule has 4 heteroatoms. The van der Waals surface area contributed by atoms with E-state index in [1.165, 1.54) is 0 Å². The Kier molecular flexibility index (Phi) is 5.33. The molecule has 0 aliphatic rings. The quantitative estimate of drug-likeness (QED) is 0.603. The summed E-state index contributed by atoms with van der Waals surface area (Å²) >= 11 is 1.78. The molecule has 0 bridgehead atoms. The second kappa shape index (κ2) is 5.43. The van der Waals surface area contributed by atoms with E-state index < -0.39 is 0 Å². The summed E-state index contributed by atoms with van der Waals surface area (Å²) < 4.78 is 0. The van der Waals surface area contributed by atoms with Gasteiger partial charge in [-0.2, -0.15) is 11.8 Å². The molecule has 0 unspecified atom stereocenters. The predicted octanol–water partition coefficient (Wildman–Crippen LogP) is 0.593. The Balaban J connectivity index is 3.63. The number of nitrogens with one attached hydrogen (secondary N) is 1. The molecule has 0 fully saturated rings. The van der Waals surface area contributed by atoms with E-state index in [1.54, 1.807) is 11.8 Å². The van der Waals surface area contributed by atoms with Gasteiger partial charge < -0.3 is 11.1 Å². The maximum atomic E-state index is 10.6. The van der Waals surface area contributed by atoms with Gasteiger partial charge in [0.05, 0.1) is 0 Å². The molecule has 0 saturated carbocycles. The van der Waals surface area contributed by atoms with Gasteiger partial charge in [-0.15, -0.1) is 0 Å². The molecular weight excluding hydrogens is 172 g/mol. The molecule has 0 aliphatic heterocycles. The van der Waals surface area contributed by atoms with Crippen LogP contribution in [0.15, 0.2) is 0 Å². The standard InChI is InChI=1S/C8H18N2OS/c1-8(2,6-7(9)11)10-4-5-12-3/h10H,4-6H2,1-3H3,(H2,9,11). The number of carbonyl (C=O) groups is 1. The first-order valence-electron chi connectivity index (χ1n) is 4.00. The third-order valence-electron chi connectivity index (χ3n) is 1.53. The maximum Gasteiger partial charge on any atom is 0.219 e. The first-order valence-corrected chi connectivity index (χ1v) is 5.39. The van der Waals surface area contributed by atoms with Crippen molar-refractivity contribution in [2.24, 2.45) is 5.73 Å². The summed E-state index contributed by atoms with van der Waals surface area (Å²) in [6.45, 7) is 4.89. The molecule has 3 nitrogen and oxygen atoms in total. The van der Waals surface area contributed by atoms with Gasteiger partial charge in [0.2, 0.25) is 5.91 Å². The lowest BCUT2D eigenvalue weighted by Gasteiger charge is -2.24. The van der Waals surface area contributed by atoms with Crippen LogP contribution in [0, 0.1) is 0 Å². The van der Waals surface area contributed by atoms with Crippen LogP contribution in [-0.4, -0.2) is 30.0 Å². The lowest BCUT2D eigenvalue weighted by atomic mass is 10.0. The zero-order chi connectivity index (χ0) is 9.61. The lowest BCUT2D eigenvalue weighted by molar-refractivity contribution is -0.119. The van der Waals surface area contributed by atoms with Crippen LogP contribution in [0.2, 0.25) is 0 Å². The summed E-state index contributed by atoms with van der Waals surface area (Å²) in [5, 5.41) is 3.27. The third-order valence-corrected chi connectivity index (χ3v) is 2.14. The van der Waals surface area contributed by atoms with E-state index in [0.717, 1.165) is 12.3 Å². The van der Waals surface area contributed by atoms with Gasteiger partial charge in [0.1, 0.15) is 0 Å². The number of thioether (sulfide) groups is 1. The molecule has 0 radical (unpaired) electrons. The predicted molar refractivity (Wildman–Crippen MR) is 54.3 cm³/mol. The fourth-order valence-corrected chi connectivity index (χ4v) is 1.30. The molecule has 0 aromatic heterocycles. The second-order valence-corrected chi connectivity index (χ2v) is 4.43. The van der Waals surface area contributed by atoms with Crippen molar-refractivity contribution in [1.82, 2.24) is 5.32 Å². The number of nitrogens with two attached hydrogens (primary N) is 1. The largest absolute Gasteiger partial charge is 0.370 e. The van der Waals surface area contributed by atoms with Gasteiger partial charge in [-0.3, -0.25) is 4.79 Å². The average molecular weight is 190 g/mol. The molecule has 1 amide bonds. The number of hydrogen-bond donors (Lipinski definition) is 2. The smallest absolute Gasteiger partial charge is 0.219 e. The van der Waals surface area contributed by atoms with E-state index in [1.807, 2.05) is 13.8 Å². The van der Waals surface area contributed by atoms with E-state index >= 15 is 0 Å². The van der Waals surface area contributed by atoms with Crippen molar-refractivity contribution >= 4 is 17.7 Å². The van der Waals surface area contributed by atoms with Crippen molar-refractivity contribution in [2.45, 2.75) is 25.8 Å². The van der Waals surface area contributed by atoms with Gasteiger partial charge in [0, 0.05) is 24.3 Å². The van der Waals surface area contributed by atoms with E-state index in [4.69, 9.17) is 5.73 Å². The summed E-state index contributed by atoms with van der Waals surface area (Å²) in [5.74, 6) is 0.805. The van der Waals surface area contributed by atoms with E-state index in [9.17, 15) is 4.79 Å². The van der Waals surface area contributed by atoms with Crippen LogP contribution in [0.3, 0.4) is 0 Å². The molecule has 0 aromatic carbocycles. The van der Waals surface area contributed by atoms with Gasteiger partial charge in [-0.1, -0.05) is 0 Å². The Hall–Kier alpha value is -0.220. The number of amides is 1. The Morgan fingerprint density at radius 1 is 1.58 bits per heavy atom. The summed E-state index contributed by atoms with van der Waals surface area (Å²) in [4.78, 5) is 10.6. The summed E-state index contributed by atoms with van der Waals surface area (Å²) in [6, 6.07) is 0. The van der Waals surface area contributed by atoms with Crippen molar-refractivity contribution in [2.75, 3.05) is 18.6 Å². The SMILES string of the molecule is CSCCNC(C)(C)CC(N)=O. The second-order valence-electron chi connectivity index (χ2n) is 3.45. The minimum absolute atomic E-state index is 0.165. The van der Waals surface area contributed by atoms with Gasteiger partial charge in [0.15, 0.2) is 0 Å².